The van der Waals surface area contributed by atoms with Crippen molar-refractivity contribution < 1.29 is 13.9 Å². The minimum Gasteiger partial charge on any atom is -0.462 e. The smallest absolute Gasteiger partial charge is 0.338 e. The summed E-state index contributed by atoms with van der Waals surface area (Å²) in [4.78, 5) is 11.5. The molecule has 16 heavy (non-hydrogen) atoms. The van der Waals surface area contributed by atoms with Gasteiger partial charge in [-0.2, -0.15) is 5.26 Å². The molecule has 84 valence electrons. The molecule has 1 aromatic carbocycles. The second kappa shape index (κ2) is 5.26. The van der Waals surface area contributed by atoms with Gasteiger partial charge in [-0.1, -0.05) is 6.92 Å². The summed E-state index contributed by atoms with van der Waals surface area (Å²) in [7, 11) is 0. The van der Waals surface area contributed by atoms with Crippen molar-refractivity contribution in [3.05, 3.63) is 34.6 Å². The summed E-state index contributed by atoms with van der Waals surface area (Å²) in [6.07, 6.45) is 0.545. The van der Waals surface area contributed by atoms with E-state index in [9.17, 15) is 9.18 Å². The number of halogens is 1. The van der Waals surface area contributed by atoms with Crippen molar-refractivity contribution in [3.8, 4) is 6.07 Å². The summed E-state index contributed by atoms with van der Waals surface area (Å²) in [5.41, 5.74) is 0.766. The van der Waals surface area contributed by atoms with E-state index in [0.29, 0.717) is 12.0 Å². The lowest BCUT2D eigenvalue weighted by Gasteiger charge is -2.08. The van der Waals surface area contributed by atoms with E-state index in [1.807, 2.05) is 6.92 Å². The van der Waals surface area contributed by atoms with Crippen molar-refractivity contribution >= 4 is 5.97 Å². The number of esters is 1. The van der Waals surface area contributed by atoms with Crippen LogP contribution in [-0.4, -0.2) is 12.6 Å². The third-order valence-electron chi connectivity index (χ3n) is 2.19. The van der Waals surface area contributed by atoms with Gasteiger partial charge < -0.3 is 4.74 Å². The largest absolute Gasteiger partial charge is 0.462 e. The van der Waals surface area contributed by atoms with E-state index in [-0.39, 0.29) is 17.7 Å². The van der Waals surface area contributed by atoms with Crippen LogP contribution in [0.3, 0.4) is 0 Å². The standard InChI is InChI=1S/C12H12FNO2/c1-3-8-5-9(7-14)11(13)6-10(8)12(15)16-4-2/h5-6H,3-4H2,1-2H3. The van der Waals surface area contributed by atoms with Gasteiger partial charge in [-0.15, -0.1) is 0 Å². The summed E-state index contributed by atoms with van der Waals surface area (Å²) in [6, 6.07) is 4.20. The SMILES string of the molecule is CCOC(=O)c1cc(F)c(C#N)cc1CC. The first kappa shape index (κ1) is 12.2. The molecule has 0 bridgehead atoms. The van der Waals surface area contributed by atoms with Gasteiger partial charge >= 0.3 is 5.97 Å². The predicted molar refractivity (Wildman–Crippen MR) is 56.4 cm³/mol. The summed E-state index contributed by atoms with van der Waals surface area (Å²) < 4.78 is 18.1. The van der Waals surface area contributed by atoms with Gasteiger partial charge in [0.1, 0.15) is 11.9 Å². The van der Waals surface area contributed by atoms with Crippen LogP contribution in [0, 0.1) is 17.1 Å². The number of carbonyl (C=O) groups excluding carboxylic acids is 1. The molecule has 0 fully saturated rings. The van der Waals surface area contributed by atoms with Gasteiger partial charge in [-0.05, 0) is 31.0 Å². The fourth-order valence-corrected chi connectivity index (χ4v) is 1.40. The average molecular weight is 221 g/mol. The molecule has 0 aliphatic carbocycles. The van der Waals surface area contributed by atoms with E-state index in [2.05, 4.69) is 0 Å². The number of nitriles is 1. The summed E-state index contributed by atoms with van der Waals surface area (Å²) >= 11 is 0. The molecule has 0 aliphatic heterocycles. The summed E-state index contributed by atoms with van der Waals surface area (Å²) in [6.45, 7) is 3.75. The maximum Gasteiger partial charge on any atom is 0.338 e. The van der Waals surface area contributed by atoms with Crippen LogP contribution in [-0.2, 0) is 11.2 Å². The van der Waals surface area contributed by atoms with E-state index in [1.165, 1.54) is 6.07 Å². The van der Waals surface area contributed by atoms with Crippen molar-refractivity contribution in [2.45, 2.75) is 20.3 Å². The zero-order chi connectivity index (χ0) is 12.1. The van der Waals surface area contributed by atoms with Crippen molar-refractivity contribution in [2.24, 2.45) is 0 Å². The zero-order valence-electron chi connectivity index (χ0n) is 9.21. The molecule has 0 heterocycles. The molecular formula is C12H12FNO2. The maximum atomic E-state index is 13.3. The van der Waals surface area contributed by atoms with Gasteiger partial charge in [0, 0.05) is 0 Å². The topological polar surface area (TPSA) is 50.1 Å². The van der Waals surface area contributed by atoms with Crippen LogP contribution in [0.25, 0.3) is 0 Å². The number of aryl methyl sites for hydroxylation is 1. The molecule has 0 saturated carbocycles. The Labute approximate surface area is 93.5 Å². The second-order valence-corrected chi connectivity index (χ2v) is 3.18. The first-order valence-corrected chi connectivity index (χ1v) is 5.03. The molecule has 0 N–H and O–H groups in total. The Balaban J connectivity index is 3.24. The van der Waals surface area contributed by atoms with Crippen LogP contribution in [0.4, 0.5) is 4.39 Å². The average Bonchev–Trinajstić information content (AvgIpc) is 2.29. The number of rotatable bonds is 3. The lowest BCUT2D eigenvalue weighted by atomic mass is 10.0. The Morgan fingerprint density at radius 2 is 2.19 bits per heavy atom. The monoisotopic (exact) mass is 221 g/mol. The predicted octanol–water partition coefficient (Wildman–Crippen LogP) is 2.44. The molecule has 0 aromatic heterocycles. The third-order valence-corrected chi connectivity index (χ3v) is 2.19. The van der Waals surface area contributed by atoms with Gasteiger partial charge in [0.2, 0.25) is 0 Å². The summed E-state index contributed by atoms with van der Waals surface area (Å²) in [5, 5.41) is 8.67. The van der Waals surface area contributed by atoms with Crippen molar-refractivity contribution in [2.75, 3.05) is 6.61 Å². The Bertz CT molecular complexity index is 449. The van der Waals surface area contributed by atoms with Crippen LogP contribution in [0.5, 0.6) is 0 Å². The minimum atomic E-state index is -0.692. The molecule has 0 saturated heterocycles. The number of benzene rings is 1. The van der Waals surface area contributed by atoms with E-state index in [4.69, 9.17) is 10.00 Å². The maximum absolute atomic E-state index is 13.3. The molecule has 0 unspecified atom stereocenters. The molecule has 4 heteroatoms. The molecule has 0 amide bonds. The van der Waals surface area contributed by atoms with E-state index in [1.54, 1.807) is 13.0 Å². The van der Waals surface area contributed by atoms with Crippen LogP contribution in [0.1, 0.15) is 35.3 Å². The molecule has 1 rings (SSSR count). The Morgan fingerprint density at radius 1 is 1.50 bits per heavy atom. The first-order valence-electron chi connectivity index (χ1n) is 5.03. The Hall–Kier alpha value is -1.89. The van der Waals surface area contributed by atoms with Crippen molar-refractivity contribution in [1.82, 2.24) is 0 Å². The fraction of sp³-hybridized carbons (Fsp3) is 0.333. The number of hydrogen-bond acceptors (Lipinski definition) is 3. The quantitative estimate of drug-likeness (QED) is 0.736. The van der Waals surface area contributed by atoms with E-state index >= 15 is 0 Å². The lowest BCUT2D eigenvalue weighted by molar-refractivity contribution is 0.0524. The van der Waals surface area contributed by atoms with Gasteiger partial charge in [-0.3, -0.25) is 0 Å². The molecule has 0 radical (unpaired) electrons. The molecule has 3 nitrogen and oxygen atoms in total. The third kappa shape index (κ3) is 2.37. The zero-order valence-corrected chi connectivity index (χ0v) is 9.21. The van der Waals surface area contributed by atoms with Crippen LogP contribution < -0.4 is 0 Å². The minimum absolute atomic E-state index is 0.0510. The second-order valence-electron chi connectivity index (χ2n) is 3.18. The first-order chi connectivity index (χ1) is 7.63. The molecule has 0 aliphatic rings. The highest BCUT2D eigenvalue weighted by Gasteiger charge is 2.15. The van der Waals surface area contributed by atoms with Crippen molar-refractivity contribution in [1.29, 1.82) is 5.26 Å². The van der Waals surface area contributed by atoms with Gasteiger partial charge in [0.15, 0.2) is 0 Å². The number of carbonyl (C=O) groups is 1. The van der Waals surface area contributed by atoms with Crippen LogP contribution in [0.15, 0.2) is 12.1 Å². The highest BCUT2D eigenvalue weighted by Crippen LogP contribution is 2.17. The van der Waals surface area contributed by atoms with Gasteiger partial charge in [-0.25, -0.2) is 9.18 Å². The number of nitrogens with zero attached hydrogens (tertiary/aromatic N) is 1. The molecule has 0 atom stereocenters. The molecule has 1 aromatic rings. The highest BCUT2D eigenvalue weighted by molar-refractivity contribution is 5.91. The summed E-state index contributed by atoms with van der Waals surface area (Å²) in [5.74, 6) is -1.24. The van der Waals surface area contributed by atoms with Crippen LogP contribution >= 0.6 is 0 Å². The van der Waals surface area contributed by atoms with Gasteiger partial charge in [0.25, 0.3) is 0 Å². The van der Waals surface area contributed by atoms with Gasteiger partial charge in [0.05, 0.1) is 17.7 Å². The molecular weight excluding hydrogens is 209 g/mol. The Kier molecular flexibility index (Phi) is 4.01. The van der Waals surface area contributed by atoms with E-state index < -0.39 is 11.8 Å². The number of hydrogen-bond donors (Lipinski definition) is 0. The lowest BCUT2D eigenvalue weighted by Crippen LogP contribution is -2.09. The van der Waals surface area contributed by atoms with Crippen molar-refractivity contribution in [3.63, 3.8) is 0 Å². The number of ether oxygens (including phenoxy) is 1. The van der Waals surface area contributed by atoms with Crippen LogP contribution in [0.2, 0.25) is 0 Å². The normalized spacial score (nSPS) is 9.62. The molecule has 0 spiro atoms. The Morgan fingerprint density at radius 3 is 2.69 bits per heavy atom. The van der Waals surface area contributed by atoms with E-state index in [0.717, 1.165) is 6.07 Å². The highest BCUT2D eigenvalue weighted by atomic mass is 19.1. The fourth-order valence-electron chi connectivity index (χ4n) is 1.40.